The molecule has 1 aliphatic heterocycles. The van der Waals surface area contributed by atoms with Crippen molar-refractivity contribution >= 4 is 39.3 Å². The summed E-state index contributed by atoms with van der Waals surface area (Å²) in [6.45, 7) is 2.11. The summed E-state index contributed by atoms with van der Waals surface area (Å²) in [6.07, 6.45) is 0. The summed E-state index contributed by atoms with van der Waals surface area (Å²) in [5.41, 5.74) is 1.47. The summed E-state index contributed by atoms with van der Waals surface area (Å²) in [7, 11) is 3.12. The molecule has 0 spiro atoms. The number of rotatable bonds is 5. The highest BCUT2D eigenvalue weighted by atomic mass is 32.1. The Morgan fingerprint density at radius 1 is 1.03 bits per heavy atom. The van der Waals surface area contributed by atoms with Crippen LogP contribution in [0.25, 0.3) is 10.2 Å². The van der Waals surface area contributed by atoms with E-state index in [1.165, 1.54) is 11.3 Å². The molecule has 2 heterocycles. The van der Waals surface area contributed by atoms with Gasteiger partial charge in [0.2, 0.25) is 0 Å². The lowest BCUT2D eigenvalue weighted by Gasteiger charge is -2.10. The molecule has 0 atom stereocenters. The number of amides is 3. The number of thiazole rings is 1. The molecule has 0 saturated heterocycles. The number of ether oxygens (including phenoxy) is 2. The number of imide groups is 1. The van der Waals surface area contributed by atoms with Gasteiger partial charge in [0.1, 0.15) is 6.54 Å². The first kappa shape index (κ1) is 19.8. The lowest BCUT2D eigenvalue weighted by Crippen LogP contribution is -2.35. The van der Waals surface area contributed by atoms with Crippen molar-refractivity contribution in [2.24, 2.45) is 4.99 Å². The monoisotopic (exact) mass is 425 g/mol. The number of aryl methyl sites for hydroxylation is 1. The van der Waals surface area contributed by atoms with Gasteiger partial charge in [-0.15, -0.1) is 0 Å². The fourth-order valence-electron chi connectivity index (χ4n) is 3.45. The van der Waals surface area contributed by atoms with Crippen LogP contribution in [0.5, 0.6) is 11.5 Å². The Balaban J connectivity index is 1.69. The van der Waals surface area contributed by atoms with Crippen LogP contribution in [0.3, 0.4) is 0 Å². The summed E-state index contributed by atoms with van der Waals surface area (Å²) in [6, 6.07) is 10.2. The van der Waals surface area contributed by atoms with Gasteiger partial charge in [-0.1, -0.05) is 23.5 Å². The lowest BCUT2D eigenvalue weighted by atomic mass is 10.1. The van der Waals surface area contributed by atoms with E-state index >= 15 is 0 Å². The molecule has 3 aromatic rings. The zero-order valence-corrected chi connectivity index (χ0v) is 17.5. The molecule has 0 saturated carbocycles. The van der Waals surface area contributed by atoms with E-state index in [1.807, 2.05) is 23.6 Å². The zero-order chi connectivity index (χ0) is 21.4. The Morgan fingerprint density at radius 3 is 2.20 bits per heavy atom. The van der Waals surface area contributed by atoms with E-state index in [0.717, 1.165) is 15.1 Å². The summed E-state index contributed by atoms with van der Waals surface area (Å²) >= 11 is 1.32. The third-order valence-corrected chi connectivity index (χ3v) is 5.94. The van der Waals surface area contributed by atoms with Gasteiger partial charge in [0.15, 0.2) is 16.3 Å². The fourth-order valence-corrected chi connectivity index (χ4v) is 4.57. The van der Waals surface area contributed by atoms with Gasteiger partial charge in [-0.3, -0.25) is 19.3 Å². The quantitative estimate of drug-likeness (QED) is 0.586. The molecule has 4 rings (SSSR count). The minimum atomic E-state index is -0.572. The Morgan fingerprint density at radius 2 is 1.63 bits per heavy atom. The largest absolute Gasteiger partial charge is 0.493 e. The second-order valence-corrected chi connectivity index (χ2v) is 7.56. The zero-order valence-electron chi connectivity index (χ0n) is 16.7. The topological polar surface area (TPSA) is 90.2 Å². The molecule has 1 aliphatic rings. The maximum Gasteiger partial charge on any atom is 0.268 e. The molecule has 1 aromatic heterocycles. The number of hydrogen-bond donors (Lipinski definition) is 0. The summed E-state index contributed by atoms with van der Waals surface area (Å²) in [4.78, 5) is 43.2. The van der Waals surface area contributed by atoms with Crippen molar-refractivity contribution in [1.82, 2.24) is 9.47 Å². The van der Waals surface area contributed by atoms with Crippen molar-refractivity contribution in [2.45, 2.75) is 13.5 Å². The highest BCUT2D eigenvalue weighted by molar-refractivity contribution is 7.16. The van der Waals surface area contributed by atoms with Gasteiger partial charge in [0.25, 0.3) is 17.7 Å². The highest BCUT2D eigenvalue weighted by Crippen LogP contribution is 2.33. The number of fused-ring (bicyclic) bond motifs is 2. The Labute approximate surface area is 176 Å². The Bertz CT molecular complexity index is 1220. The molecule has 0 bridgehead atoms. The number of nitrogens with zero attached hydrogens (tertiary/aromatic N) is 3. The average Bonchev–Trinajstić information content (AvgIpc) is 3.21. The fraction of sp³-hybridized carbons (Fsp3) is 0.238. The first-order valence-electron chi connectivity index (χ1n) is 9.26. The average molecular weight is 425 g/mol. The minimum Gasteiger partial charge on any atom is -0.493 e. The molecule has 30 heavy (non-hydrogen) atoms. The van der Waals surface area contributed by atoms with Gasteiger partial charge in [-0.2, -0.15) is 4.99 Å². The van der Waals surface area contributed by atoms with E-state index in [2.05, 4.69) is 4.99 Å². The van der Waals surface area contributed by atoms with Gasteiger partial charge in [-0.05, 0) is 19.1 Å². The van der Waals surface area contributed by atoms with Gasteiger partial charge < -0.3 is 14.0 Å². The molecule has 0 unspecified atom stereocenters. The van der Waals surface area contributed by atoms with Gasteiger partial charge >= 0.3 is 0 Å². The number of aromatic nitrogens is 1. The number of carbonyl (C=O) groups is 3. The Kier molecular flexibility index (Phi) is 5.13. The van der Waals surface area contributed by atoms with Gasteiger partial charge in [0, 0.05) is 18.7 Å². The third-order valence-electron chi connectivity index (χ3n) is 4.90. The molecule has 0 aliphatic carbocycles. The normalized spacial score (nSPS) is 13.8. The minimum absolute atomic E-state index is 0.306. The summed E-state index contributed by atoms with van der Waals surface area (Å²) in [5, 5.41) is 0. The van der Waals surface area contributed by atoms with Gasteiger partial charge in [0.05, 0.1) is 35.6 Å². The molecular weight excluding hydrogens is 406 g/mol. The van der Waals surface area contributed by atoms with E-state index in [9.17, 15) is 14.4 Å². The van der Waals surface area contributed by atoms with E-state index < -0.39 is 24.3 Å². The van der Waals surface area contributed by atoms with Crippen LogP contribution in [0.1, 0.15) is 27.6 Å². The van der Waals surface area contributed by atoms with E-state index in [4.69, 9.17) is 9.47 Å². The molecule has 0 fully saturated rings. The van der Waals surface area contributed by atoms with Crippen LogP contribution in [0.2, 0.25) is 0 Å². The molecule has 0 radical (unpaired) electrons. The van der Waals surface area contributed by atoms with Gasteiger partial charge in [-0.25, -0.2) is 0 Å². The SMILES string of the molecule is CCn1c(=NC(=O)CN2C(=O)c3ccccc3C2=O)sc2cc(OC)c(OC)cc21. The highest BCUT2D eigenvalue weighted by Gasteiger charge is 2.36. The van der Waals surface area contributed by atoms with Crippen molar-refractivity contribution < 1.29 is 23.9 Å². The van der Waals surface area contributed by atoms with Crippen LogP contribution in [0.4, 0.5) is 0 Å². The first-order chi connectivity index (χ1) is 14.5. The molecule has 2 aromatic carbocycles. The maximum atomic E-state index is 12.6. The second kappa shape index (κ2) is 7.75. The third kappa shape index (κ3) is 3.17. The Hall–Kier alpha value is -3.46. The maximum absolute atomic E-state index is 12.6. The molecular formula is C21H19N3O5S. The van der Waals surface area contributed by atoms with Crippen LogP contribution >= 0.6 is 11.3 Å². The van der Waals surface area contributed by atoms with Crippen molar-refractivity contribution in [1.29, 1.82) is 0 Å². The second-order valence-electron chi connectivity index (χ2n) is 6.55. The lowest BCUT2D eigenvalue weighted by molar-refractivity contribution is -0.118. The number of hydrogen-bond acceptors (Lipinski definition) is 6. The molecule has 9 heteroatoms. The van der Waals surface area contributed by atoms with E-state index in [0.29, 0.717) is 34.0 Å². The van der Waals surface area contributed by atoms with Crippen LogP contribution in [-0.2, 0) is 11.3 Å². The molecule has 3 amide bonds. The van der Waals surface area contributed by atoms with Crippen molar-refractivity contribution in [3.8, 4) is 11.5 Å². The summed E-state index contributed by atoms with van der Waals surface area (Å²) < 4.78 is 13.5. The van der Waals surface area contributed by atoms with Crippen LogP contribution in [-0.4, -0.2) is 48.0 Å². The number of methoxy groups -OCH3 is 2. The summed E-state index contributed by atoms with van der Waals surface area (Å²) in [5.74, 6) is -0.369. The first-order valence-corrected chi connectivity index (χ1v) is 10.1. The van der Waals surface area contributed by atoms with Crippen molar-refractivity contribution in [3.63, 3.8) is 0 Å². The number of carbonyl (C=O) groups excluding carboxylic acids is 3. The van der Waals surface area contributed by atoms with E-state index in [1.54, 1.807) is 38.5 Å². The van der Waals surface area contributed by atoms with Crippen molar-refractivity contribution in [2.75, 3.05) is 20.8 Å². The predicted octanol–water partition coefficient (Wildman–Crippen LogP) is 2.46. The standard InChI is InChI=1S/C21H19N3O5S/c1-4-23-14-9-15(28-2)16(29-3)10-17(14)30-21(23)22-18(25)11-24-19(26)12-7-5-6-8-13(12)20(24)27/h5-10H,4,11H2,1-3H3. The predicted molar refractivity (Wildman–Crippen MR) is 111 cm³/mol. The number of benzene rings is 2. The molecule has 0 N–H and O–H groups in total. The van der Waals surface area contributed by atoms with E-state index in [-0.39, 0.29) is 0 Å². The molecule has 154 valence electrons. The van der Waals surface area contributed by atoms with Crippen LogP contribution in [0.15, 0.2) is 41.4 Å². The molecule has 8 nitrogen and oxygen atoms in total. The van der Waals surface area contributed by atoms with Crippen molar-refractivity contribution in [3.05, 3.63) is 52.3 Å². The smallest absolute Gasteiger partial charge is 0.268 e. The van der Waals surface area contributed by atoms with Crippen LogP contribution in [0, 0.1) is 0 Å². The van der Waals surface area contributed by atoms with Crippen LogP contribution < -0.4 is 14.3 Å².